The molecule has 1 aromatic carbocycles. The van der Waals surface area contributed by atoms with Gasteiger partial charge in [0.2, 0.25) is 0 Å². The Bertz CT molecular complexity index is 913. The molecular formula is C19H23N5O. The summed E-state index contributed by atoms with van der Waals surface area (Å²) in [6.45, 7) is 5.30. The van der Waals surface area contributed by atoms with Crippen LogP contribution >= 0.6 is 0 Å². The van der Waals surface area contributed by atoms with Gasteiger partial charge in [-0.05, 0) is 24.3 Å². The molecule has 6 nitrogen and oxygen atoms in total. The first-order valence-corrected chi connectivity index (χ1v) is 8.56. The average Bonchev–Trinajstić information content (AvgIpc) is 2.93. The lowest BCUT2D eigenvalue weighted by Gasteiger charge is -2.13. The summed E-state index contributed by atoms with van der Waals surface area (Å²) in [7, 11) is 3.92. The molecule has 4 rings (SSSR count). The number of nitrogens with zero attached hydrogens (tertiary/aromatic N) is 4. The molecule has 3 heterocycles. The van der Waals surface area contributed by atoms with Crippen molar-refractivity contribution in [2.24, 2.45) is 0 Å². The number of anilines is 1. The molecule has 25 heavy (non-hydrogen) atoms. The van der Waals surface area contributed by atoms with E-state index in [9.17, 15) is 4.79 Å². The normalized spacial score (nSPS) is 12.9. The fourth-order valence-corrected chi connectivity index (χ4v) is 2.99. The number of carbonyl (C=O) groups excluding carboxylic acids is 1. The maximum atomic E-state index is 12.2. The molecule has 1 amide bonds. The molecule has 2 aromatic heterocycles. The maximum absolute atomic E-state index is 12.2. The Balaban J connectivity index is 0.000000880. The van der Waals surface area contributed by atoms with Gasteiger partial charge >= 0.3 is 0 Å². The van der Waals surface area contributed by atoms with E-state index in [-0.39, 0.29) is 5.91 Å². The largest absolute Gasteiger partial charge is 0.363 e. The van der Waals surface area contributed by atoms with E-state index in [1.165, 1.54) is 0 Å². The van der Waals surface area contributed by atoms with Gasteiger partial charge in [0, 0.05) is 38.9 Å². The summed E-state index contributed by atoms with van der Waals surface area (Å²) in [6, 6.07) is 9.65. The number of hydrogen-bond donors (Lipinski definition) is 1. The molecule has 0 saturated heterocycles. The first-order valence-electron chi connectivity index (χ1n) is 8.56. The molecule has 6 heteroatoms. The van der Waals surface area contributed by atoms with Gasteiger partial charge < -0.3 is 14.8 Å². The SMILES string of the molecule is CC.CN(C)c1cc(-c2nc3cccc4c3n2CCNC4=O)ccn1. The maximum Gasteiger partial charge on any atom is 0.253 e. The Hall–Kier alpha value is -2.89. The van der Waals surface area contributed by atoms with Crippen molar-refractivity contribution in [3.05, 3.63) is 42.1 Å². The molecule has 1 aliphatic heterocycles. The van der Waals surface area contributed by atoms with Gasteiger partial charge in [0.1, 0.15) is 11.6 Å². The van der Waals surface area contributed by atoms with Crippen LogP contribution in [0.15, 0.2) is 36.5 Å². The number of amides is 1. The highest BCUT2D eigenvalue weighted by atomic mass is 16.1. The molecule has 0 fully saturated rings. The summed E-state index contributed by atoms with van der Waals surface area (Å²) in [4.78, 5) is 23.3. The molecule has 0 bridgehead atoms. The third kappa shape index (κ3) is 2.95. The molecule has 0 atom stereocenters. The van der Waals surface area contributed by atoms with Crippen LogP contribution in [0, 0.1) is 0 Å². The average molecular weight is 337 g/mol. The molecule has 0 radical (unpaired) electrons. The highest BCUT2D eigenvalue weighted by Gasteiger charge is 2.21. The number of imidazole rings is 1. The summed E-state index contributed by atoms with van der Waals surface area (Å²) in [5.74, 6) is 1.71. The monoisotopic (exact) mass is 337 g/mol. The van der Waals surface area contributed by atoms with Crippen molar-refractivity contribution >= 4 is 22.8 Å². The Morgan fingerprint density at radius 2 is 2.00 bits per heavy atom. The number of rotatable bonds is 2. The van der Waals surface area contributed by atoms with Crippen LogP contribution in [-0.2, 0) is 6.54 Å². The van der Waals surface area contributed by atoms with Crippen LogP contribution in [0.25, 0.3) is 22.4 Å². The predicted molar refractivity (Wildman–Crippen MR) is 101 cm³/mol. The number of hydrogen-bond acceptors (Lipinski definition) is 4. The number of benzene rings is 1. The minimum absolute atomic E-state index is 0.0375. The highest BCUT2D eigenvalue weighted by Crippen LogP contribution is 2.29. The lowest BCUT2D eigenvalue weighted by Crippen LogP contribution is -2.24. The summed E-state index contributed by atoms with van der Waals surface area (Å²) in [5.41, 5.74) is 3.43. The first-order chi connectivity index (χ1) is 12.1. The van der Waals surface area contributed by atoms with Crippen molar-refractivity contribution in [1.29, 1.82) is 0 Å². The summed E-state index contributed by atoms with van der Waals surface area (Å²) in [6.07, 6.45) is 1.79. The van der Waals surface area contributed by atoms with Gasteiger partial charge in [-0.15, -0.1) is 0 Å². The minimum atomic E-state index is -0.0375. The number of aromatic nitrogens is 3. The topological polar surface area (TPSA) is 63.1 Å². The van der Waals surface area contributed by atoms with E-state index < -0.39 is 0 Å². The molecule has 130 valence electrons. The van der Waals surface area contributed by atoms with Crippen molar-refractivity contribution in [2.75, 3.05) is 25.5 Å². The van der Waals surface area contributed by atoms with Gasteiger partial charge in [-0.25, -0.2) is 9.97 Å². The number of para-hydroxylation sites is 1. The summed E-state index contributed by atoms with van der Waals surface area (Å²) >= 11 is 0. The van der Waals surface area contributed by atoms with Crippen LogP contribution in [0.2, 0.25) is 0 Å². The zero-order chi connectivity index (χ0) is 18.0. The van der Waals surface area contributed by atoms with Crippen LogP contribution < -0.4 is 10.2 Å². The molecule has 0 aliphatic carbocycles. The Morgan fingerprint density at radius 3 is 2.76 bits per heavy atom. The zero-order valence-corrected chi connectivity index (χ0v) is 15.1. The van der Waals surface area contributed by atoms with E-state index >= 15 is 0 Å². The van der Waals surface area contributed by atoms with Crippen LogP contribution in [-0.4, -0.2) is 41.1 Å². The van der Waals surface area contributed by atoms with Crippen molar-refractivity contribution < 1.29 is 4.79 Å². The smallest absolute Gasteiger partial charge is 0.253 e. The second-order valence-corrected chi connectivity index (χ2v) is 5.81. The molecule has 0 unspecified atom stereocenters. The molecule has 1 N–H and O–H groups in total. The number of nitrogens with one attached hydrogen (secondary N) is 1. The van der Waals surface area contributed by atoms with E-state index in [1.54, 1.807) is 6.20 Å². The van der Waals surface area contributed by atoms with Crippen LogP contribution in [0.5, 0.6) is 0 Å². The predicted octanol–water partition coefficient (Wildman–Crippen LogP) is 2.93. The van der Waals surface area contributed by atoms with E-state index in [4.69, 9.17) is 4.98 Å². The quantitative estimate of drug-likeness (QED) is 0.781. The van der Waals surface area contributed by atoms with E-state index in [0.29, 0.717) is 18.7 Å². The summed E-state index contributed by atoms with van der Waals surface area (Å²) in [5, 5.41) is 2.94. The van der Waals surface area contributed by atoms with Gasteiger partial charge in [-0.3, -0.25) is 4.79 Å². The second-order valence-electron chi connectivity index (χ2n) is 5.81. The van der Waals surface area contributed by atoms with Crippen LogP contribution in [0.1, 0.15) is 24.2 Å². The highest BCUT2D eigenvalue weighted by molar-refractivity contribution is 6.06. The zero-order valence-electron chi connectivity index (χ0n) is 15.1. The fourth-order valence-electron chi connectivity index (χ4n) is 2.99. The second kappa shape index (κ2) is 6.93. The minimum Gasteiger partial charge on any atom is -0.363 e. The molecule has 1 aliphatic rings. The standard InChI is InChI=1S/C17H17N5O.C2H6/c1-21(2)14-10-11(6-7-18-14)16-20-13-5-3-4-12-15(13)22(16)9-8-19-17(12)23;1-2/h3-7,10H,8-9H2,1-2H3,(H,19,23);1-2H3. The van der Waals surface area contributed by atoms with E-state index in [0.717, 1.165) is 28.2 Å². The van der Waals surface area contributed by atoms with E-state index in [2.05, 4.69) is 14.9 Å². The molecular weight excluding hydrogens is 314 g/mol. The molecule has 0 spiro atoms. The Morgan fingerprint density at radius 1 is 1.20 bits per heavy atom. The lowest BCUT2D eigenvalue weighted by atomic mass is 10.2. The molecule has 0 saturated carbocycles. The van der Waals surface area contributed by atoms with Crippen molar-refractivity contribution in [3.63, 3.8) is 0 Å². The van der Waals surface area contributed by atoms with Crippen LogP contribution in [0.4, 0.5) is 5.82 Å². The van der Waals surface area contributed by atoms with Gasteiger partial charge in [0.25, 0.3) is 5.91 Å². The van der Waals surface area contributed by atoms with E-state index in [1.807, 2.05) is 63.2 Å². The molecule has 3 aromatic rings. The van der Waals surface area contributed by atoms with Gasteiger partial charge in [0.15, 0.2) is 0 Å². The van der Waals surface area contributed by atoms with Gasteiger partial charge in [0.05, 0.1) is 16.6 Å². The Labute approximate surface area is 147 Å². The summed E-state index contributed by atoms with van der Waals surface area (Å²) < 4.78 is 2.12. The third-order valence-corrected chi connectivity index (χ3v) is 4.09. The van der Waals surface area contributed by atoms with Crippen molar-refractivity contribution in [3.8, 4) is 11.4 Å². The van der Waals surface area contributed by atoms with Crippen LogP contribution in [0.3, 0.4) is 0 Å². The Kier molecular flexibility index (Phi) is 4.70. The number of carbonyl (C=O) groups is 1. The first kappa shape index (κ1) is 17.0. The van der Waals surface area contributed by atoms with Gasteiger partial charge in [-0.1, -0.05) is 19.9 Å². The fraction of sp³-hybridized carbons (Fsp3) is 0.316. The van der Waals surface area contributed by atoms with Crippen molar-refractivity contribution in [1.82, 2.24) is 19.9 Å². The van der Waals surface area contributed by atoms with Crippen molar-refractivity contribution in [2.45, 2.75) is 20.4 Å². The van der Waals surface area contributed by atoms with Gasteiger partial charge in [-0.2, -0.15) is 0 Å². The third-order valence-electron chi connectivity index (χ3n) is 4.09. The lowest BCUT2D eigenvalue weighted by molar-refractivity contribution is 0.0956. The number of pyridine rings is 1.